The summed E-state index contributed by atoms with van der Waals surface area (Å²) in [7, 11) is 0. The average Bonchev–Trinajstić information content (AvgIpc) is 2.61. The second-order valence-corrected chi connectivity index (χ2v) is 4.09. The molecular weight excluding hydrogens is 162 g/mol. The molecule has 0 aliphatic heterocycles. The zero-order chi connectivity index (χ0) is 9.10. The summed E-state index contributed by atoms with van der Waals surface area (Å²) in [6.07, 6.45) is 8.21. The Morgan fingerprint density at radius 3 is 2.92 bits per heavy atom. The summed E-state index contributed by atoms with van der Waals surface area (Å²) in [4.78, 5) is 0. The van der Waals surface area contributed by atoms with Crippen LogP contribution in [0.15, 0.2) is 22.8 Å². The van der Waals surface area contributed by atoms with Crippen LogP contribution in [0.25, 0.3) is 0 Å². The van der Waals surface area contributed by atoms with Gasteiger partial charge < -0.3 is 10.2 Å². The van der Waals surface area contributed by atoms with Crippen molar-refractivity contribution in [2.24, 2.45) is 5.92 Å². The van der Waals surface area contributed by atoms with Crippen LogP contribution in [0.1, 0.15) is 31.4 Å². The lowest BCUT2D eigenvalue weighted by atomic mass is 9.82. The molecule has 2 atom stereocenters. The molecule has 1 saturated carbocycles. The smallest absolute Gasteiger partial charge is 0.104 e. The van der Waals surface area contributed by atoms with Gasteiger partial charge in [-0.3, -0.25) is 0 Å². The van der Waals surface area contributed by atoms with Crippen LogP contribution in [0.4, 0.5) is 0 Å². The molecule has 2 heteroatoms. The van der Waals surface area contributed by atoms with Crippen molar-refractivity contribution in [1.82, 2.24) is 0 Å². The Bertz CT molecular complexity index is 243. The fourth-order valence-electron chi connectivity index (χ4n) is 2.24. The van der Waals surface area contributed by atoms with Gasteiger partial charge in [0.15, 0.2) is 0 Å². The summed E-state index contributed by atoms with van der Waals surface area (Å²) in [5.74, 6) is 1.88. The van der Waals surface area contributed by atoms with Gasteiger partial charge in [0.2, 0.25) is 0 Å². The number of quaternary nitrogens is 1. The molecule has 0 radical (unpaired) electrons. The minimum atomic E-state index is 0.638. The van der Waals surface area contributed by atoms with Crippen LogP contribution in [0, 0.1) is 5.92 Å². The summed E-state index contributed by atoms with van der Waals surface area (Å²) in [6.45, 7) is 0. The third-order valence-electron chi connectivity index (χ3n) is 3.11. The minimum absolute atomic E-state index is 0.638. The molecule has 2 rings (SSSR count). The van der Waals surface area contributed by atoms with E-state index in [2.05, 4.69) is 11.8 Å². The largest absolute Gasteiger partial charge is 0.469 e. The van der Waals surface area contributed by atoms with E-state index in [-0.39, 0.29) is 0 Å². The molecule has 1 heterocycles. The van der Waals surface area contributed by atoms with Crippen molar-refractivity contribution in [3.63, 3.8) is 0 Å². The van der Waals surface area contributed by atoms with Gasteiger partial charge in [-0.15, -0.1) is 0 Å². The summed E-state index contributed by atoms with van der Waals surface area (Å²) in [5, 5.41) is 0. The van der Waals surface area contributed by atoms with Crippen molar-refractivity contribution in [2.45, 2.75) is 38.1 Å². The Morgan fingerprint density at radius 2 is 2.23 bits per heavy atom. The zero-order valence-electron chi connectivity index (χ0n) is 8.04. The first-order valence-corrected chi connectivity index (χ1v) is 5.22. The molecule has 0 amide bonds. The van der Waals surface area contributed by atoms with E-state index >= 15 is 0 Å². The second-order valence-electron chi connectivity index (χ2n) is 4.09. The van der Waals surface area contributed by atoms with E-state index in [1.807, 2.05) is 6.07 Å². The third kappa shape index (κ3) is 2.13. The molecule has 0 bridgehead atoms. The van der Waals surface area contributed by atoms with Gasteiger partial charge in [-0.1, -0.05) is 6.42 Å². The maximum absolute atomic E-state index is 5.36. The van der Waals surface area contributed by atoms with Crippen LogP contribution in [0.2, 0.25) is 0 Å². The molecule has 0 spiro atoms. The van der Waals surface area contributed by atoms with E-state index in [1.54, 1.807) is 6.26 Å². The van der Waals surface area contributed by atoms with Crippen LogP contribution in [0.5, 0.6) is 0 Å². The predicted octanol–water partition coefficient (Wildman–Crippen LogP) is 1.62. The van der Waals surface area contributed by atoms with E-state index in [9.17, 15) is 0 Å². The Morgan fingerprint density at radius 1 is 1.38 bits per heavy atom. The second kappa shape index (κ2) is 3.97. The van der Waals surface area contributed by atoms with E-state index in [0.29, 0.717) is 6.04 Å². The molecular formula is C11H18NO+. The van der Waals surface area contributed by atoms with Crippen LogP contribution >= 0.6 is 0 Å². The molecule has 2 nitrogen and oxygen atoms in total. The normalized spacial score (nSPS) is 29.0. The van der Waals surface area contributed by atoms with Gasteiger partial charge in [0.1, 0.15) is 5.76 Å². The molecule has 1 aromatic rings. The standard InChI is InChI=1S/C11H17NO/c12-11-6-2-1-4-9(11)8-10-5-3-7-13-10/h3,5,7,9,11H,1-2,4,6,8,12H2/p+1/t9-,11+/m1/s1. The zero-order valence-corrected chi connectivity index (χ0v) is 8.04. The van der Waals surface area contributed by atoms with Gasteiger partial charge in [-0.05, 0) is 31.4 Å². The first-order chi connectivity index (χ1) is 6.36. The predicted molar refractivity (Wildman–Crippen MR) is 51.0 cm³/mol. The average molecular weight is 180 g/mol. The van der Waals surface area contributed by atoms with Gasteiger partial charge in [0, 0.05) is 12.3 Å². The van der Waals surface area contributed by atoms with E-state index < -0.39 is 0 Å². The molecule has 1 aromatic heterocycles. The minimum Gasteiger partial charge on any atom is -0.469 e. The maximum Gasteiger partial charge on any atom is 0.104 e. The fourth-order valence-corrected chi connectivity index (χ4v) is 2.24. The van der Waals surface area contributed by atoms with Crippen LogP contribution in [-0.4, -0.2) is 6.04 Å². The number of hydrogen-bond acceptors (Lipinski definition) is 1. The highest BCUT2D eigenvalue weighted by Gasteiger charge is 2.25. The van der Waals surface area contributed by atoms with E-state index in [0.717, 1.165) is 18.1 Å². The van der Waals surface area contributed by atoms with Crippen molar-refractivity contribution in [3.8, 4) is 0 Å². The highest BCUT2D eigenvalue weighted by molar-refractivity contribution is 5.00. The van der Waals surface area contributed by atoms with Crippen LogP contribution < -0.4 is 5.73 Å². The van der Waals surface area contributed by atoms with Crippen molar-refractivity contribution < 1.29 is 10.2 Å². The van der Waals surface area contributed by atoms with Crippen molar-refractivity contribution in [1.29, 1.82) is 0 Å². The molecule has 0 aromatic carbocycles. The SMILES string of the molecule is [NH3+][C@H]1CCCC[C@@H]1Cc1ccco1. The fraction of sp³-hybridized carbons (Fsp3) is 0.636. The van der Waals surface area contributed by atoms with Gasteiger partial charge in [0.05, 0.1) is 12.3 Å². The quantitative estimate of drug-likeness (QED) is 0.738. The highest BCUT2D eigenvalue weighted by Crippen LogP contribution is 2.25. The van der Waals surface area contributed by atoms with Crippen molar-refractivity contribution >= 4 is 0 Å². The van der Waals surface area contributed by atoms with Gasteiger partial charge in [-0.2, -0.15) is 0 Å². The van der Waals surface area contributed by atoms with Gasteiger partial charge in [0.25, 0.3) is 0 Å². The topological polar surface area (TPSA) is 40.8 Å². The molecule has 1 aliphatic rings. The Hall–Kier alpha value is -0.760. The molecule has 13 heavy (non-hydrogen) atoms. The first kappa shape index (κ1) is 8.82. The monoisotopic (exact) mass is 180 g/mol. The lowest BCUT2D eigenvalue weighted by Crippen LogP contribution is -2.65. The summed E-state index contributed by atoms with van der Waals surface area (Å²) < 4.78 is 5.36. The van der Waals surface area contributed by atoms with Gasteiger partial charge >= 0.3 is 0 Å². The molecule has 3 N–H and O–H groups in total. The number of hydrogen-bond donors (Lipinski definition) is 1. The van der Waals surface area contributed by atoms with Crippen LogP contribution in [0.3, 0.4) is 0 Å². The number of rotatable bonds is 2. The first-order valence-electron chi connectivity index (χ1n) is 5.22. The van der Waals surface area contributed by atoms with Gasteiger partial charge in [-0.25, -0.2) is 0 Å². The lowest BCUT2D eigenvalue weighted by molar-refractivity contribution is -0.438. The molecule has 72 valence electrons. The van der Waals surface area contributed by atoms with Crippen LogP contribution in [-0.2, 0) is 6.42 Å². The molecule has 1 aliphatic carbocycles. The summed E-state index contributed by atoms with van der Waals surface area (Å²) in [6, 6.07) is 4.68. The maximum atomic E-state index is 5.36. The lowest BCUT2D eigenvalue weighted by Gasteiger charge is -2.24. The van der Waals surface area contributed by atoms with Crippen molar-refractivity contribution in [3.05, 3.63) is 24.2 Å². The Kier molecular flexibility index (Phi) is 2.69. The number of furan rings is 1. The summed E-state index contributed by atoms with van der Waals surface area (Å²) in [5.41, 5.74) is 4.22. The molecule has 0 saturated heterocycles. The Labute approximate surface area is 79.1 Å². The summed E-state index contributed by atoms with van der Waals surface area (Å²) >= 11 is 0. The third-order valence-corrected chi connectivity index (χ3v) is 3.11. The van der Waals surface area contributed by atoms with E-state index in [1.165, 1.54) is 25.7 Å². The molecule has 1 fully saturated rings. The van der Waals surface area contributed by atoms with E-state index in [4.69, 9.17) is 4.42 Å². The molecule has 0 unspecified atom stereocenters. The Balaban J connectivity index is 1.93. The highest BCUT2D eigenvalue weighted by atomic mass is 16.3. The van der Waals surface area contributed by atoms with Crippen molar-refractivity contribution in [2.75, 3.05) is 0 Å².